The van der Waals surface area contributed by atoms with Crippen molar-refractivity contribution in [3.63, 3.8) is 0 Å². The number of hydrogen-bond acceptors (Lipinski definition) is 5. The Morgan fingerprint density at radius 1 is 1.19 bits per heavy atom. The lowest BCUT2D eigenvalue weighted by Gasteiger charge is -2.02. The molecule has 3 aromatic heterocycles. The second-order valence-electron chi connectivity index (χ2n) is 4.77. The summed E-state index contributed by atoms with van der Waals surface area (Å²) in [6.07, 6.45) is 4.90. The quantitative estimate of drug-likeness (QED) is 0.680. The Labute approximate surface area is 127 Å². The number of nitrogens with one attached hydrogen (secondary N) is 1. The highest BCUT2D eigenvalue weighted by Gasteiger charge is 2.05. The first-order valence-corrected chi connectivity index (χ1v) is 8.32. The number of aromatic nitrogens is 3. The van der Waals surface area contributed by atoms with Crippen molar-refractivity contribution in [1.29, 1.82) is 0 Å². The van der Waals surface area contributed by atoms with Crippen LogP contribution in [0.4, 0.5) is 0 Å². The van der Waals surface area contributed by atoms with Crippen molar-refractivity contribution in [3.05, 3.63) is 53.9 Å². The van der Waals surface area contributed by atoms with E-state index in [2.05, 4.69) is 21.8 Å². The summed E-state index contributed by atoms with van der Waals surface area (Å²) in [5, 5.41) is 11.7. The number of furan rings is 1. The van der Waals surface area contributed by atoms with E-state index >= 15 is 0 Å². The molecule has 6 heteroatoms. The lowest BCUT2D eigenvalue weighted by molar-refractivity contribution is 0.459. The van der Waals surface area contributed by atoms with Crippen molar-refractivity contribution in [1.82, 2.24) is 19.9 Å². The second-order valence-corrected chi connectivity index (χ2v) is 5.64. The average Bonchev–Trinajstić information content (AvgIpc) is 3.11. The van der Waals surface area contributed by atoms with Crippen molar-refractivity contribution in [2.75, 3.05) is 12.8 Å². The maximum atomic E-state index is 5.72. The zero-order valence-corrected chi connectivity index (χ0v) is 12.8. The topological polar surface area (TPSA) is 55.4 Å². The number of thioether (sulfide) groups is 1. The number of rotatable bonds is 7. The van der Waals surface area contributed by atoms with E-state index in [-0.39, 0.29) is 0 Å². The van der Waals surface area contributed by atoms with E-state index in [4.69, 9.17) is 4.42 Å². The largest absolute Gasteiger partial charge is 0.464 e. The molecular weight excluding hydrogens is 284 g/mol. The fraction of sp³-hybridized carbons (Fsp3) is 0.333. The van der Waals surface area contributed by atoms with Gasteiger partial charge in [0.25, 0.3) is 0 Å². The first kappa shape index (κ1) is 14.2. The smallest absolute Gasteiger partial charge is 0.160 e. The lowest BCUT2D eigenvalue weighted by Crippen LogP contribution is -2.17. The average molecular weight is 302 g/mol. The van der Waals surface area contributed by atoms with E-state index in [1.165, 1.54) is 0 Å². The van der Waals surface area contributed by atoms with Gasteiger partial charge in [0.15, 0.2) is 5.65 Å². The highest BCUT2D eigenvalue weighted by Crippen LogP contribution is 2.13. The first-order chi connectivity index (χ1) is 10.4. The van der Waals surface area contributed by atoms with Crippen LogP contribution in [0.25, 0.3) is 5.65 Å². The van der Waals surface area contributed by atoms with Gasteiger partial charge in [-0.05, 0) is 30.5 Å². The molecule has 0 fully saturated rings. The molecule has 0 radical (unpaired) electrons. The molecule has 1 N–H and O–H groups in total. The van der Waals surface area contributed by atoms with Gasteiger partial charge in [0, 0.05) is 19.2 Å². The molecule has 110 valence electrons. The molecular formula is C15H18N4OS. The highest BCUT2D eigenvalue weighted by molar-refractivity contribution is 7.97. The Bertz CT molecular complexity index is 706. The standard InChI is InChI=1S/C15H18N4OS/c1-21-11-13-6-5-12(20-13)10-16-8-7-15-18-17-14-4-2-3-9-19(14)15/h2-6,9,16H,7-8,10-11H2,1H3. The van der Waals surface area contributed by atoms with E-state index in [1.54, 1.807) is 11.8 Å². The molecule has 0 aliphatic rings. The minimum Gasteiger partial charge on any atom is -0.464 e. The van der Waals surface area contributed by atoms with Crippen LogP contribution in [-0.4, -0.2) is 27.4 Å². The van der Waals surface area contributed by atoms with Crippen molar-refractivity contribution in [2.24, 2.45) is 0 Å². The van der Waals surface area contributed by atoms with Crippen LogP contribution < -0.4 is 5.32 Å². The molecule has 0 spiro atoms. The van der Waals surface area contributed by atoms with Gasteiger partial charge in [0.2, 0.25) is 0 Å². The van der Waals surface area contributed by atoms with Gasteiger partial charge < -0.3 is 9.73 Å². The Kier molecular flexibility index (Phi) is 4.57. The Hall–Kier alpha value is -1.79. The summed E-state index contributed by atoms with van der Waals surface area (Å²) in [6.45, 7) is 1.58. The number of pyridine rings is 1. The van der Waals surface area contributed by atoms with Crippen molar-refractivity contribution >= 4 is 17.4 Å². The van der Waals surface area contributed by atoms with Gasteiger partial charge in [-0.15, -0.1) is 10.2 Å². The molecule has 3 heterocycles. The van der Waals surface area contributed by atoms with Gasteiger partial charge in [-0.25, -0.2) is 0 Å². The summed E-state index contributed by atoms with van der Waals surface area (Å²) in [6, 6.07) is 9.99. The van der Waals surface area contributed by atoms with Gasteiger partial charge in [0.1, 0.15) is 17.3 Å². The monoisotopic (exact) mass is 302 g/mol. The molecule has 0 atom stereocenters. The maximum absolute atomic E-state index is 5.72. The molecule has 0 saturated heterocycles. The van der Waals surface area contributed by atoms with Crippen molar-refractivity contribution < 1.29 is 4.42 Å². The van der Waals surface area contributed by atoms with E-state index < -0.39 is 0 Å². The molecule has 3 aromatic rings. The molecule has 0 aliphatic carbocycles. The predicted octanol–water partition coefficient (Wildman–Crippen LogP) is 2.52. The fourth-order valence-corrected chi connectivity index (χ4v) is 2.65. The molecule has 21 heavy (non-hydrogen) atoms. The van der Waals surface area contributed by atoms with Crippen LogP contribution >= 0.6 is 11.8 Å². The minimum absolute atomic E-state index is 0.741. The molecule has 0 aromatic carbocycles. The van der Waals surface area contributed by atoms with E-state index in [9.17, 15) is 0 Å². The number of nitrogens with zero attached hydrogens (tertiary/aromatic N) is 3. The zero-order valence-electron chi connectivity index (χ0n) is 12.0. The molecule has 0 amide bonds. The van der Waals surface area contributed by atoms with Gasteiger partial charge in [0.05, 0.1) is 12.3 Å². The Balaban J connectivity index is 1.49. The van der Waals surface area contributed by atoms with Crippen LogP contribution in [0.1, 0.15) is 17.3 Å². The predicted molar refractivity (Wildman–Crippen MR) is 84.3 cm³/mol. The Morgan fingerprint density at radius 2 is 2.10 bits per heavy atom. The van der Waals surface area contributed by atoms with Gasteiger partial charge in [-0.1, -0.05) is 6.07 Å². The fourth-order valence-electron chi connectivity index (χ4n) is 2.21. The van der Waals surface area contributed by atoms with E-state index in [1.807, 2.05) is 40.9 Å². The van der Waals surface area contributed by atoms with Gasteiger partial charge in [-0.2, -0.15) is 11.8 Å². The summed E-state index contributed by atoms with van der Waals surface area (Å²) >= 11 is 1.76. The van der Waals surface area contributed by atoms with E-state index in [0.29, 0.717) is 0 Å². The molecule has 3 rings (SSSR count). The zero-order chi connectivity index (χ0) is 14.5. The summed E-state index contributed by atoms with van der Waals surface area (Å²) < 4.78 is 7.73. The third-order valence-electron chi connectivity index (χ3n) is 3.21. The highest BCUT2D eigenvalue weighted by atomic mass is 32.2. The molecule has 0 aliphatic heterocycles. The number of hydrogen-bond donors (Lipinski definition) is 1. The maximum Gasteiger partial charge on any atom is 0.160 e. The number of fused-ring (bicyclic) bond motifs is 1. The van der Waals surface area contributed by atoms with E-state index in [0.717, 1.165) is 48.3 Å². The van der Waals surface area contributed by atoms with Gasteiger partial charge >= 0.3 is 0 Å². The molecule has 0 saturated carbocycles. The lowest BCUT2D eigenvalue weighted by atomic mass is 10.3. The summed E-state index contributed by atoms with van der Waals surface area (Å²) in [4.78, 5) is 0. The molecule has 5 nitrogen and oxygen atoms in total. The summed E-state index contributed by atoms with van der Waals surface area (Å²) in [5.74, 6) is 3.90. The first-order valence-electron chi connectivity index (χ1n) is 6.92. The second kappa shape index (κ2) is 6.78. The van der Waals surface area contributed by atoms with Crippen molar-refractivity contribution in [3.8, 4) is 0 Å². The van der Waals surface area contributed by atoms with Gasteiger partial charge in [-0.3, -0.25) is 4.40 Å². The third-order valence-corrected chi connectivity index (χ3v) is 3.79. The minimum atomic E-state index is 0.741. The SMILES string of the molecule is CSCc1ccc(CNCCc2nnc3ccccn23)o1. The van der Waals surface area contributed by atoms with Crippen LogP contribution in [0.15, 0.2) is 40.9 Å². The third kappa shape index (κ3) is 3.46. The normalized spacial score (nSPS) is 11.3. The molecule has 0 unspecified atom stereocenters. The van der Waals surface area contributed by atoms with Crippen LogP contribution in [0.2, 0.25) is 0 Å². The van der Waals surface area contributed by atoms with Crippen molar-refractivity contribution in [2.45, 2.75) is 18.7 Å². The Morgan fingerprint density at radius 3 is 3.00 bits per heavy atom. The van der Waals surface area contributed by atoms with Crippen LogP contribution in [0.5, 0.6) is 0 Å². The molecule has 0 bridgehead atoms. The summed E-state index contributed by atoms with van der Waals surface area (Å²) in [5.41, 5.74) is 0.889. The summed E-state index contributed by atoms with van der Waals surface area (Å²) in [7, 11) is 0. The van der Waals surface area contributed by atoms with Crippen LogP contribution in [-0.2, 0) is 18.7 Å². The van der Waals surface area contributed by atoms with Crippen LogP contribution in [0.3, 0.4) is 0 Å². The van der Waals surface area contributed by atoms with Crippen LogP contribution in [0, 0.1) is 0 Å².